The van der Waals surface area contributed by atoms with Crippen LogP contribution in [-0.2, 0) is 13.5 Å². The molecular weight excluding hydrogens is 280 g/mol. The average molecular weight is 295 g/mol. The predicted molar refractivity (Wildman–Crippen MR) is 75.8 cm³/mol. The van der Waals surface area contributed by atoms with Crippen molar-refractivity contribution in [2.24, 2.45) is 7.05 Å². The van der Waals surface area contributed by atoms with E-state index in [2.05, 4.69) is 5.10 Å². The van der Waals surface area contributed by atoms with E-state index in [0.717, 1.165) is 5.56 Å². The summed E-state index contributed by atoms with van der Waals surface area (Å²) in [4.78, 5) is 11.1. The van der Waals surface area contributed by atoms with Crippen LogP contribution < -0.4 is 9.47 Å². The number of carbonyl (C=O) groups excluding carboxylic acids is 1. The Balaban J connectivity index is 2.10. The minimum absolute atomic E-state index is 0.375. The summed E-state index contributed by atoms with van der Waals surface area (Å²) in [5.41, 5.74) is 1.44. The molecule has 0 unspecified atom stereocenters. The van der Waals surface area contributed by atoms with Gasteiger partial charge in [0.2, 0.25) is 0 Å². The second-order valence-electron chi connectivity index (χ2n) is 4.26. The van der Waals surface area contributed by atoms with Gasteiger partial charge in [0.1, 0.15) is 0 Å². The Hall–Kier alpha value is -2.01. The topological polar surface area (TPSA) is 53.4 Å². The summed E-state index contributed by atoms with van der Waals surface area (Å²) >= 11 is 5.91. The second-order valence-corrected chi connectivity index (χ2v) is 4.70. The number of aromatic nitrogens is 2. The summed E-state index contributed by atoms with van der Waals surface area (Å²) in [6.45, 7) is 0.421. The average Bonchev–Trinajstić information content (AvgIpc) is 2.85. The minimum atomic E-state index is 0.375. The Bertz CT molecular complexity index is 610. The number of halogens is 1. The van der Waals surface area contributed by atoms with Crippen molar-refractivity contribution in [2.75, 3.05) is 13.7 Å². The van der Waals surface area contributed by atoms with E-state index in [1.165, 1.54) is 7.11 Å². The fraction of sp³-hybridized carbons (Fsp3) is 0.286. The second kappa shape index (κ2) is 6.43. The standard InChI is InChI=1S/C14H15ClN2O3/c1-17-8-10(7-16-17)3-4-20-14-11(9-18)5-12(15)6-13(14)19-2/h5-9H,3-4H2,1-2H3. The van der Waals surface area contributed by atoms with Gasteiger partial charge in [-0.2, -0.15) is 5.10 Å². The maximum atomic E-state index is 11.1. The first-order valence-corrected chi connectivity index (χ1v) is 6.45. The summed E-state index contributed by atoms with van der Waals surface area (Å²) < 4.78 is 12.6. The van der Waals surface area contributed by atoms with E-state index in [1.807, 2.05) is 13.2 Å². The highest BCUT2D eigenvalue weighted by Crippen LogP contribution is 2.33. The summed E-state index contributed by atoms with van der Waals surface area (Å²) in [5.74, 6) is 0.863. The summed E-state index contributed by atoms with van der Waals surface area (Å²) in [6.07, 6.45) is 5.10. The van der Waals surface area contributed by atoms with E-state index in [9.17, 15) is 4.79 Å². The normalized spacial score (nSPS) is 10.3. The molecule has 6 heteroatoms. The van der Waals surface area contributed by atoms with Crippen molar-refractivity contribution >= 4 is 17.9 Å². The number of methoxy groups -OCH3 is 1. The quantitative estimate of drug-likeness (QED) is 0.768. The van der Waals surface area contributed by atoms with Crippen LogP contribution in [0.2, 0.25) is 5.02 Å². The molecule has 0 saturated heterocycles. The molecule has 0 N–H and O–H groups in total. The van der Waals surface area contributed by atoms with Gasteiger partial charge in [-0.15, -0.1) is 0 Å². The molecule has 5 nitrogen and oxygen atoms in total. The minimum Gasteiger partial charge on any atom is -0.493 e. The van der Waals surface area contributed by atoms with Crippen LogP contribution >= 0.6 is 11.6 Å². The van der Waals surface area contributed by atoms with Crippen molar-refractivity contribution in [1.29, 1.82) is 0 Å². The van der Waals surface area contributed by atoms with E-state index >= 15 is 0 Å². The lowest BCUT2D eigenvalue weighted by atomic mass is 10.2. The van der Waals surface area contributed by atoms with Gasteiger partial charge in [-0.25, -0.2) is 0 Å². The van der Waals surface area contributed by atoms with Gasteiger partial charge >= 0.3 is 0 Å². The molecule has 0 bridgehead atoms. The Morgan fingerprint density at radius 3 is 2.85 bits per heavy atom. The number of hydrogen-bond donors (Lipinski definition) is 0. The number of benzene rings is 1. The van der Waals surface area contributed by atoms with Crippen LogP contribution in [0.4, 0.5) is 0 Å². The summed E-state index contributed by atoms with van der Waals surface area (Å²) in [7, 11) is 3.37. The fourth-order valence-corrected chi connectivity index (χ4v) is 2.07. The molecule has 2 aromatic rings. The van der Waals surface area contributed by atoms with E-state index < -0.39 is 0 Å². The Morgan fingerprint density at radius 1 is 1.45 bits per heavy atom. The molecule has 0 aliphatic carbocycles. The summed E-state index contributed by atoms with van der Waals surface area (Å²) in [6, 6.07) is 3.17. The maximum absolute atomic E-state index is 11.1. The van der Waals surface area contributed by atoms with Gasteiger partial charge in [0.15, 0.2) is 17.8 Å². The Labute approximate surface area is 122 Å². The van der Waals surface area contributed by atoms with E-state index in [4.69, 9.17) is 21.1 Å². The van der Waals surface area contributed by atoms with Crippen molar-refractivity contribution in [3.05, 3.63) is 40.7 Å². The highest BCUT2D eigenvalue weighted by molar-refractivity contribution is 6.31. The van der Waals surface area contributed by atoms with Gasteiger partial charge in [-0.1, -0.05) is 11.6 Å². The molecule has 0 saturated carbocycles. The molecule has 20 heavy (non-hydrogen) atoms. The van der Waals surface area contributed by atoms with Crippen LogP contribution in [-0.4, -0.2) is 29.8 Å². The monoisotopic (exact) mass is 294 g/mol. The molecule has 0 amide bonds. The van der Waals surface area contributed by atoms with Crippen molar-refractivity contribution in [3.63, 3.8) is 0 Å². The van der Waals surface area contributed by atoms with Crippen LogP contribution in [0.1, 0.15) is 15.9 Å². The molecule has 0 aliphatic rings. The van der Waals surface area contributed by atoms with E-state index in [-0.39, 0.29) is 0 Å². The Morgan fingerprint density at radius 2 is 2.25 bits per heavy atom. The molecule has 1 aromatic heterocycles. The van der Waals surface area contributed by atoms with Crippen molar-refractivity contribution < 1.29 is 14.3 Å². The number of ether oxygens (including phenoxy) is 2. The van der Waals surface area contributed by atoms with Crippen LogP contribution in [0.3, 0.4) is 0 Å². The van der Waals surface area contributed by atoms with Gasteiger partial charge in [0.25, 0.3) is 0 Å². The summed E-state index contributed by atoms with van der Waals surface area (Å²) in [5, 5.41) is 4.52. The van der Waals surface area contributed by atoms with Gasteiger partial charge in [0, 0.05) is 30.8 Å². The lowest BCUT2D eigenvalue weighted by Gasteiger charge is -2.12. The number of carbonyl (C=O) groups is 1. The highest BCUT2D eigenvalue weighted by Gasteiger charge is 2.12. The molecule has 0 aliphatic heterocycles. The SMILES string of the molecule is COc1cc(Cl)cc(C=O)c1OCCc1cnn(C)c1. The third-order valence-corrected chi connectivity index (χ3v) is 3.01. The van der Waals surface area contributed by atoms with Crippen LogP contribution in [0.5, 0.6) is 11.5 Å². The number of aldehydes is 1. The molecule has 1 heterocycles. The largest absolute Gasteiger partial charge is 0.493 e. The Kier molecular flexibility index (Phi) is 4.63. The first-order valence-electron chi connectivity index (χ1n) is 6.07. The van der Waals surface area contributed by atoms with Crippen LogP contribution in [0.15, 0.2) is 24.5 Å². The molecule has 106 valence electrons. The molecule has 0 spiro atoms. The number of nitrogens with zero attached hydrogens (tertiary/aromatic N) is 2. The molecule has 0 atom stereocenters. The third-order valence-electron chi connectivity index (χ3n) is 2.79. The number of hydrogen-bond acceptors (Lipinski definition) is 4. The molecule has 0 radical (unpaired) electrons. The van der Waals surface area contributed by atoms with Crippen molar-refractivity contribution in [2.45, 2.75) is 6.42 Å². The first-order chi connectivity index (χ1) is 9.63. The maximum Gasteiger partial charge on any atom is 0.171 e. The smallest absolute Gasteiger partial charge is 0.171 e. The lowest BCUT2D eigenvalue weighted by molar-refractivity contribution is 0.111. The van der Waals surface area contributed by atoms with Gasteiger partial charge in [-0.3, -0.25) is 9.48 Å². The van der Waals surface area contributed by atoms with Crippen LogP contribution in [0.25, 0.3) is 0 Å². The first kappa shape index (κ1) is 14.4. The highest BCUT2D eigenvalue weighted by atomic mass is 35.5. The molecule has 2 rings (SSSR count). The zero-order chi connectivity index (χ0) is 14.5. The number of aryl methyl sites for hydroxylation is 1. The zero-order valence-electron chi connectivity index (χ0n) is 11.3. The van der Waals surface area contributed by atoms with Gasteiger partial charge in [0.05, 0.1) is 25.5 Å². The van der Waals surface area contributed by atoms with Crippen LogP contribution in [0, 0.1) is 0 Å². The molecule has 0 fully saturated rings. The van der Waals surface area contributed by atoms with Gasteiger partial charge in [-0.05, 0) is 11.6 Å². The fourth-order valence-electron chi connectivity index (χ4n) is 1.85. The van der Waals surface area contributed by atoms with Gasteiger partial charge < -0.3 is 9.47 Å². The lowest BCUT2D eigenvalue weighted by Crippen LogP contribution is -2.04. The van der Waals surface area contributed by atoms with Crippen molar-refractivity contribution in [3.8, 4) is 11.5 Å². The van der Waals surface area contributed by atoms with E-state index in [0.29, 0.717) is 41.4 Å². The third kappa shape index (κ3) is 3.30. The molecule has 1 aromatic carbocycles. The van der Waals surface area contributed by atoms with E-state index in [1.54, 1.807) is 23.0 Å². The molecular formula is C14H15ClN2O3. The number of rotatable bonds is 6. The zero-order valence-corrected chi connectivity index (χ0v) is 12.1. The predicted octanol–water partition coefficient (Wildman–Crippen LogP) is 2.52. The van der Waals surface area contributed by atoms with Crippen molar-refractivity contribution in [1.82, 2.24) is 9.78 Å².